The van der Waals surface area contributed by atoms with E-state index >= 15 is 0 Å². The van der Waals surface area contributed by atoms with Crippen LogP contribution in [-0.4, -0.2) is 23.5 Å². The molecule has 2 aliphatic rings. The number of hydrogen-bond donors (Lipinski definition) is 2. The third-order valence-corrected chi connectivity index (χ3v) is 5.35. The van der Waals surface area contributed by atoms with Gasteiger partial charge in [0, 0.05) is 12.5 Å². The van der Waals surface area contributed by atoms with E-state index in [-0.39, 0.29) is 17.2 Å². The Hall–Kier alpha value is -1.84. The van der Waals surface area contributed by atoms with Crippen LogP contribution in [0.15, 0.2) is 24.3 Å². The maximum absolute atomic E-state index is 12.2. The largest absolute Gasteiger partial charge is 0.480 e. The number of benzene rings is 1. The molecule has 1 fully saturated rings. The van der Waals surface area contributed by atoms with Gasteiger partial charge in [-0.15, -0.1) is 0 Å². The average molecular weight is 301 g/mol. The Morgan fingerprint density at radius 1 is 1.23 bits per heavy atom. The van der Waals surface area contributed by atoms with Gasteiger partial charge in [0.15, 0.2) is 0 Å². The monoisotopic (exact) mass is 301 g/mol. The molecule has 0 radical (unpaired) electrons. The summed E-state index contributed by atoms with van der Waals surface area (Å²) in [6, 6.07) is 8.40. The fraction of sp³-hybridized carbons (Fsp3) is 0.556. The highest BCUT2D eigenvalue weighted by molar-refractivity contribution is 6.04. The molecule has 0 bridgehead atoms. The van der Waals surface area contributed by atoms with Gasteiger partial charge in [-0.1, -0.05) is 38.1 Å². The van der Waals surface area contributed by atoms with E-state index in [0.29, 0.717) is 19.4 Å². The SMILES string of the molecule is CC1(C)CCC(CNC(=O)C2(C(=O)O)CC2)c2ccccc21. The first-order valence-electron chi connectivity index (χ1n) is 7.98. The summed E-state index contributed by atoms with van der Waals surface area (Å²) in [5, 5.41) is 12.1. The standard InChI is InChI=1S/C18H23NO3/c1-17(2)8-7-12(13-5-3-4-6-14(13)17)11-19-15(20)18(9-10-18)16(21)22/h3-6,12H,7-11H2,1-2H3,(H,19,20)(H,21,22). The average Bonchev–Trinajstić information content (AvgIpc) is 3.28. The number of rotatable bonds is 4. The van der Waals surface area contributed by atoms with Crippen molar-refractivity contribution in [2.45, 2.75) is 50.9 Å². The molecule has 2 N–H and O–H groups in total. The molecule has 3 rings (SSSR count). The normalized spacial score (nSPS) is 24.2. The quantitative estimate of drug-likeness (QED) is 0.840. The zero-order valence-corrected chi connectivity index (χ0v) is 13.2. The van der Waals surface area contributed by atoms with Crippen molar-refractivity contribution in [3.05, 3.63) is 35.4 Å². The minimum Gasteiger partial charge on any atom is -0.480 e. The van der Waals surface area contributed by atoms with Crippen molar-refractivity contribution in [2.75, 3.05) is 6.54 Å². The van der Waals surface area contributed by atoms with E-state index in [4.69, 9.17) is 0 Å². The Balaban J connectivity index is 1.72. The first-order chi connectivity index (χ1) is 10.4. The number of carboxylic acid groups (broad SMARTS) is 1. The number of amides is 1. The van der Waals surface area contributed by atoms with Gasteiger partial charge >= 0.3 is 5.97 Å². The summed E-state index contributed by atoms with van der Waals surface area (Å²) in [7, 11) is 0. The van der Waals surface area contributed by atoms with Crippen LogP contribution >= 0.6 is 0 Å². The van der Waals surface area contributed by atoms with E-state index in [1.165, 1.54) is 11.1 Å². The zero-order chi connectivity index (χ0) is 16.0. The van der Waals surface area contributed by atoms with Crippen LogP contribution in [0.2, 0.25) is 0 Å². The van der Waals surface area contributed by atoms with Crippen LogP contribution in [0.1, 0.15) is 56.6 Å². The fourth-order valence-electron chi connectivity index (χ4n) is 3.55. The smallest absolute Gasteiger partial charge is 0.319 e. The van der Waals surface area contributed by atoms with Crippen molar-refractivity contribution >= 4 is 11.9 Å². The van der Waals surface area contributed by atoms with E-state index in [1.807, 2.05) is 6.07 Å². The van der Waals surface area contributed by atoms with E-state index < -0.39 is 11.4 Å². The van der Waals surface area contributed by atoms with Crippen molar-refractivity contribution in [3.63, 3.8) is 0 Å². The predicted octanol–water partition coefficient (Wildman–Crippen LogP) is 2.82. The molecule has 22 heavy (non-hydrogen) atoms. The first kappa shape index (κ1) is 15.1. The molecule has 0 heterocycles. The van der Waals surface area contributed by atoms with Gasteiger partial charge in [-0.3, -0.25) is 9.59 Å². The minimum atomic E-state index is -1.15. The second-order valence-electron chi connectivity index (χ2n) is 7.30. The lowest BCUT2D eigenvalue weighted by molar-refractivity contribution is -0.149. The highest BCUT2D eigenvalue weighted by Crippen LogP contribution is 2.46. The van der Waals surface area contributed by atoms with Gasteiger partial charge in [0.25, 0.3) is 0 Å². The lowest BCUT2D eigenvalue weighted by Crippen LogP contribution is -2.40. The van der Waals surface area contributed by atoms with Crippen molar-refractivity contribution in [1.29, 1.82) is 0 Å². The molecule has 1 saturated carbocycles. The van der Waals surface area contributed by atoms with Gasteiger partial charge < -0.3 is 10.4 Å². The molecule has 0 aliphatic heterocycles. The van der Waals surface area contributed by atoms with Crippen molar-refractivity contribution < 1.29 is 14.7 Å². The molecule has 1 amide bonds. The second kappa shape index (κ2) is 5.11. The van der Waals surface area contributed by atoms with Crippen molar-refractivity contribution in [3.8, 4) is 0 Å². The van der Waals surface area contributed by atoms with Crippen molar-refractivity contribution in [1.82, 2.24) is 5.32 Å². The molecule has 4 nitrogen and oxygen atoms in total. The summed E-state index contributed by atoms with van der Waals surface area (Å²) in [6.07, 6.45) is 3.02. The summed E-state index contributed by atoms with van der Waals surface area (Å²) >= 11 is 0. The Labute approximate surface area is 130 Å². The molecule has 0 saturated heterocycles. The Kier molecular flexibility index (Phi) is 3.50. The summed E-state index contributed by atoms with van der Waals surface area (Å²) in [5.74, 6) is -1.03. The predicted molar refractivity (Wildman–Crippen MR) is 83.8 cm³/mol. The molecule has 2 aliphatic carbocycles. The number of hydrogen-bond acceptors (Lipinski definition) is 2. The van der Waals surface area contributed by atoms with E-state index in [1.54, 1.807) is 0 Å². The van der Waals surface area contributed by atoms with Crippen LogP contribution in [0.5, 0.6) is 0 Å². The summed E-state index contributed by atoms with van der Waals surface area (Å²) in [5.41, 5.74) is 1.66. The third kappa shape index (κ3) is 2.40. The van der Waals surface area contributed by atoms with Gasteiger partial charge in [0.1, 0.15) is 5.41 Å². The van der Waals surface area contributed by atoms with Gasteiger partial charge in [-0.25, -0.2) is 0 Å². The lowest BCUT2D eigenvalue weighted by atomic mass is 9.69. The topological polar surface area (TPSA) is 66.4 Å². The van der Waals surface area contributed by atoms with E-state index in [9.17, 15) is 14.7 Å². The molecular weight excluding hydrogens is 278 g/mol. The maximum Gasteiger partial charge on any atom is 0.319 e. The Morgan fingerprint density at radius 3 is 2.55 bits per heavy atom. The Morgan fingerprint density at radius 2 is 1.91 bits per heavy atom. The summed E-state index contributed by atoms with van der Waals surface area (Å²) in [6.45, 7) is 5.04. The number of aliphatic carboxylic acids is 1. The van der Waals surface area contributed by atoms with Gasteiger partial charge in [-0.05, 0) is 42.2 Å². The van der Waals surface area contributed by atoms with Crippen LogP contribution in [0, 0.1) is 5.41 Å². The molecule has 118 valence electrons. The van der Waals surface area contributed by atoms with Crippen LogP contribution in [0.25, 0.3) is 0 Å². The third-order valence-electron chi connectivity index (χ3n) is 5.35. The fourth-order valence-corrected chi connectivity index (χ4v) is 3.55. The van der Waals surface area contributed by atoms with Crippen molar-refractivity contribution in [2.24, 2.45) is 5.41 Å². The molecule has 1 atom stereocenters. The molecule has 1 aromatic carbocycles. The molecular formula is C18H23NO3. The lowest BCUT2D eigenvalue weighted by Gasteiger charge is -2.37. The number of carboxylic acids is 1. The van der Waals surface area contributed by atoms with Crippen LogP contribution in [0.4, 0.5) is 0 Å². The second-order valence-corrected chi connectivity index (χ2v) is 7.30. The van der Waals surface area contributed by atoms with Gasteiger partial charge in [0.2, 0.25) is 5.91 Å². The number of carbonyl (C=O) groups excluding carboxylic acids is 1. The number of fused-ring (bicyclic) bond motifs is 1. The summed E-state index contributed by atoms with van der Waals surface area (Å²) in [4.78, 5) is 23.4. The van der Waals surface area contributed by atoms with Gasteiger partial charge in [0.05, 0.1) is 0 Å². The highest BCUT2D eigenvalue weighted by Gasteiger charge is 2.57. The number of carbonyl (C=O) groups is 2. The highest BCUT2D eigenvalue weighted by atomic mass is 16.4. The summed E-state index contributed by atoms with van der Waals surface area (Å²) < 4.78 is 0. The molecule has 0 spiro atoms. The van der Waals surface area contributed by atoms with E-state index in [0.717, 1.165) is 12.8 Å². The number of nitrogens with one attached hydrogen (secondary N) is 1. The van der Waals surface area contributed by atoms with Crippen LogP contribution in [0.3, 0.4) is 0 Å². The molecule has 1 unspecified atom stereocenters. The molecule has 0 aromatic heterocycles. The van der Waals surface area contributed by atoms with E-state index in [2.05, 4.69) is 37.4 Å². The first-order valence-corrected chi connectivity index (χ1v) is 7.98. The van der Waals surface area contributed by atoms with Gasteiger partial charge in [-0.2, -0.15) is 0 Å². The zero-order valence-electron chi connectivity index (χ0n) is 13.2. The van der Waals surface area contributed by atoms with Crippen LogP contribution in [-0.2, 0) is 15.0 Å². The molecule has 1 aromatic rings. The molecule has 4 heteroatoms. The van der Waals surface area contributed by atoms with Crippen LogP contribution < -0.4 is 5.32 Å². The Bertz CT molecular complexity index is 617. The minimum absolute atomic E-state index is 0.163. The maximum atomic E-state index is 12.2.